The number of hydrogen-bond acceptors (Lipinski definition) is 4. The molecule has 22 heavy (non-hydrogen) atoms. The largest absolute Gasteiger partial charge is 0.461 e. The number of ether oxygens (including phenoxy) is 1. The summed E-state index contributed by atoms with van der Waals surface area (Å²) in [6, 6.07) is 5.57. The fraction of sp³-hybridized carbons (Fsp3) is 0.308. The minimum atomic E-state index is -4.63. The second-order valence-electron chi connectivity index (χ2n) is 4.15. The summed E-state index contributed by atoms with van der Waals surface area (Å²) >= 11 is 0. The van der Waals surface area contributed by atoms with Gasteiger partial charge in [0.1, 0.15) is 5.75 Å². The second kappa shape index (κ2) is 6.89. The number of anilines is 1. The summed E-state index contributed by atoms with van der Waals surface area (Å²) in [7, 11) is 0. The number of ketones is 1. The molecule has 1 N–H and O–H groups in total. The van der Waals surface area contributed by atoms with Gasteiger partial charge in [0.15, 0.2) is 11.7 Å². The standard InChI is InChI=1S/C13H10F4N2O3/c1-7(20)10(6-18)11(21)19-8-2-4-9(5-3-8)22-13(16,17)12(14)15/h2-5,10,12H,1H3,(H,19,21). The molecule has 1 amide bonds. The number of nitriles is 1. The molecule has 0 spiro atoms. The molecule has 0 heterocycles. The van der Waals surface area contributed by atoms with Gasteiger partial charge in [-0.25, -0.2) is 0 Å². The van der Waals surface area contributed by atoms with Crippen molar-refractivity contribution >= 4 is 17.4 Å². The van der Waals surface area contributed by atoms with Crippen LogP contribution in [0.2, 0.25) is 0 Å². The van der Waals surface area contributed by atoms with Gasteiger partial charge < -0.3 is 10.1 Å². The minimum absolute atomic E-state index is 0.0826. The molecule has 1 rings (SSSR count). The van der Waals surface area contributed by atoms with Crippen LogP contribution >= 0.6 is 0 Å². The average molecular weight is 318 g/mol. The number of carbonyl (C=O) groups excluding carboxylic acids is 2. The highest BCUT2D eigenvalue weighted by Crippen LogP contribution is 2.28. The lowest BCUT2D eigenvalue weighted by Crippen LogP contribution is -2.33. The number of halogens is 4. The van der Waals surface area contributed by atoms with E-state index in [2.05, 4.69) is 10.1 Å². The Bertz CT molecular complexity index is 596. The van der Waals surface area contributed by atoms with E-state index in [1.54, 1.807) is 0 Å². The summed E-state index contributed by atoms with van der Waals surface area (Å²) in [4.78, 5) is 22.6. The van der Waals surface area contributed by atoms with E-state index in [4.69, 9.17) is 5.26 Å². The highest BCUT2D eigenvalue weighted by atomic mass is 19.3. The fourth-order valence-electron chi connectivity index (χ4n) is 1.36. The van der Waals surface area contributed by atoms with Crippen LogP contribution in [-0.4, -0.2) is 24.2 Å². The van der Waals surface area contributed by atoms with E-state index in [1.807, 2.05) is 0 Å². The van der Waals surface area contributed by atoms with Crippen LogP contribution in [0.4, 0.5) is 23.2 Å². The van der Waals surface area contributed by atoms with E-state index in [9.17, 15) is 27.2 Å². The van der Waals surface area contributed by atoms with E-state index in [-0.39, 0.29) is 5.69 Å². The third-order valence-corrected chi connectivity index (χ3v) is 2.43. The van der Waals surface area contributed by atoms with Gasteiger partial charge in [-0.1, -0.05) is 0 Å². The Kier molecular flexibility index (Phi) is 5.45. The van der Waals surface area contributed by atoms with Gasteiger partial charge in [0, 0.05) is 5.69 Å². The summed E-state index contributed by atoms with van der Waals surface area (Å²) in [6.45, 7) is 1.07. The lowest BCUT2D eigenvalue weighted by Gasteiger charge is -2.17. The molecule has 0 aliphatic heterocycles. The zero-order valence-corrected chi connectivity index (χ0v) is 11.1. The quantitative estimate of drug-likeness (QED) is 0.646. The zero-order valence-electron chi connectivity index (χ0n) is 11.1. The molecule has 0 aromatic heterocycles. The van der Waals surface area contributed by atoms with Crippen LogP contribution in [0.3, 0.4) is 0 Å². The van der Waals surface area contributed by atoms with Crippen LogP contribution < -0.4 is 10.1 Å². The van der Waals surface area contributed by atoms with Crippen molar-refractivity contribution in [1.82, 2.24) is 0 Å². The third-order valence-electron chi connectivity index (χ3n) is 2.43. The number of alkyl halides is 4. The highest BCUT2D eigenvalue weighted by molar-refractivity contribution is 6.08. The van der Waals surface area contributed by atoms with Gasteiger partial charge in [0.2, 0.25) is 5.91 Å². The van der Waals surface area contributed by atoms with E-state index in [0.29, 0.717) is 0 Å². The SMILES string of the molecule is CC(=O)C(C#N)C(=O)Nc1ccc(OC(F)(F)C(F)F)cc1. The van der Waals surface area contributed by atoms with E-state index in [1.165, 1.54) is 6.07 Å². The molecule has 9 heteroatoms. The van der Waals surface area contributed by atoms with Crippen molar-refractivity contribution in [2.24, 2.45) is 5.92 Å². The topological polar surface area (TPSA) is 79.2 Å². The zero-order chi connectivity index (χ0) is 16.9. The van der Waals surface area contributed by atoms with Crippen molar-refractivity contribution in [3.63, 3.8) is 0 Å². The van der Waals surface area contributed by atoms with Gasteiger partial charge >= 0.3 is 12.5 Å². The number of amides is 1. The maximum Gasteiger partial charge on any atom is 0.461 e. The molecule has 0 bridgehead atoms. The second-order valence-corrected chi connectivity index (χ2v) is 4.15. The monoisotopic (exact) mass is 318 g/mol. The Morgan fingerprint density at radius 2 is 1.82 bits per heavy atom. The molecule has 5 nitrogen and oxygen atoms in total. The molecule has 1 aromatic carbocycles. The number of hydrogen-bond donors (Lipinski definition) is 1. The van der Waals surface area contributed by atoms with Gasteiger partial charge in [0.05, 0.1) is 6.07 Å². The highest BCUT2D eigenvalue weighted by Gasteiger charge is 2.43. The van der Waals surface area contributed by atoms with E-state index < -0.39 is 35.9 Å². The Morgan fingerprint density at radius 3 is 2.23 bits per heavy atom. The van der Waals surface area contributed by atoms with Crippen molar-refractivity contribution in [1.29, 1.82) is 5.26 Å². The Labute approximate surface area is 122 Å². The van der Waals surface area contributed by atoms with Crippen molar-refractivity contribution in [2.45, 2.75) is 19.5 Å². The first-order valence-corrected chi connectivity index (χ1v) is 5.83. The molecule has 1 unspecified atom stereocenters. The smallest absolute Gasteiger partial charge is 0.428 e. The van der Waals surface area contributed by atoms with Gasteiger partial charge in [0.25, 0.3) is 0 Å². The summed E-state index contributed by atoms with van der Waals surface area (Å²) in [6.07, 6.45) is -8.62. The predicted octanol–water partition coefficient (Wildman–Crippen LogP) is 2.59. The van der Waals surface area contributed by atoms with Gasteiger partial charge in [-0.2, -0.15) is 22.8 Å². The maximum atomic E-state index is 12.7. The van der Waals surface area contributed by atoms with Crippen LogP contribution in [0.1, 0.15) is 6.92 Å². The molecular weight excluding hydrogens is 308 g/mol. The van der Waals surface area contributed by atoms with E-state index in [0.717, 1.165) is 31.2 Å². The summed E-state index contributed by atoms with van der Waals surface area (Å²) in [5.41, 5.74) is 0.0826. The number of nitrogens with one attached hydrogen (secondary N) is 1. The number of benzene rings is 1. The molecule has 0 saturated heterocycles. The van der Waals surface area contributed by atoms with E-state index >= 15 is 0 Å². The van der Waals surface area contributed by atoms with Crippen LogP contribution in [0.25, 0.3) is 0 Å². The van der Waals surface area contributed by atoms with Crippen molar-refractivity contribution < 1.29 is 31.9 Å². The number of nitrogens with zero attached hydrogens (tertiary/aromatic N) is 1. The first-order chi connectivity index (χ1) is 10.2. The maximum absolute atomic E-state index is 12.7. The molecule has 0 saturated carbocycles. The number of carbonyl (C=O) groups is 2. The molecule has 1 aromatic rings. The Balaban J connectivity index is 2.76. The van der Waals surface area contributed by atoms with Gasteiger partial charge in [-0.15, -0.1) is 0 Å². The molecule has 0 fully saturated rings. The normalized spacial score (nSPS) is 12.4. The predicted molar refractivity (Wildman–Crippen MR) is 66.4 cm³/mol. The van der Waals surface area contributed by atoms with Crippen molar-refractivity contribution in [3.05, 3.63) is 24.3 Å². The van der Waals surface area contributed by atoms with Crippen LogP contribution in [0, 0.1) is 17.2 Å². The van der Waals surface area contributed by atoms with Crippen molar-refractivity contribution in [2.75, 3.05) is 5.32 Å². The Morgan fingerprint density at radius 1 is 1.27 bits per heavy atom. The van der Waals surface area contributed by atoms with Crippen LogP contribution in [0.15, 0.2) is 24.3 Å². The average Bonchev–Trinajstić information content (AvgIpc) is 2.40. The summed E-state index contributed by atoms with van der Waals surface area (Å²) < 4.78 is 53.1. The molecule has 0 aliphatic rings. The lowest BCUT2D eigenvalue weighted by molar-refractivity contribution is -0.253. The first-order valence-electron chi connectivity index (χ1n) is 5.83. The third kappa shape index (κ3) is 4.44. The van der Waals surface area contributed by atoms with Gasteiger partial charge in [-0.3, -0.25) is 9.59 Å². The molecule has 1 atom stereocenters. The first kappa shape index (κ1) is 17.4. The molecule has 0 aliphatic carbocycles. The number of rotatable bonds is 6. The van der Waals surface area contributed by atoms with Gasteiger partial charge in [-0.05, 0) is 31.2 Å². The van der Waals surface area contributed by atoms with Crippen molar-refractivity contribution in [3.8, 4) is 11.8 Å². The minimum Gasteiger partial charge on any atom is -0.428 e. The van der Waals surface area contributed by atoms with Crippen LogP contribution in [-0.2, 0) is 9.59 Å². The van der Waals surface area contributed by atoms with Crippen LogP contribution in [0.5, 0.6) is 5.75 Å². The molecule has 118 valence electrons. The Hall–Kier alpha value is -2.63. The number of Topliss-reactive ketones (excluding diaryl/α,β-unsaturated/α-hetero) is 1. The summed E-state index contributed by atoms with van der Waals surface area (Å²) in [5.74, 6) is -3.58. The lowest BCUT2D eigenvalue weighted by atomic mass is 10.1. The summed E-state index contributed by atoms with van der Waals surface area (Å²) in [5, 5.41) is 10.9. The molecular formula is C13H10F4N2O3. The fourth-order valence-corrected chi connectivity index (χ4v) is 1.36. The molecule has 0 radical (unpaired) electrons.